The summed E-state index contributed by atoms with van der Waals surface area (Å²) < 4.78 is 4.87. The fourth-order valence-electron chi connectivity index (χ4n) is 1.09. The lowest BCUT2D eigenvalue weighted by Crippen LogP contribution is -2.33. The van der Waals surface area contributed by atoms with Crippen LogP contribution in [0.25, 0.3) is 0 Å². The van der Waals surface area contributed by atoms with Crippen molar-refractivity contribution in [1.82, 2.24) is 5.48 Å². The number of aliphatic carboxylic acids is 1. The third kappa shape index (κ3) is 12.4. The number of allylic oxidation sites excluding steroid dienone is 2. The summed E-state index contributed by atoms with van der Waals surface area (Å²) in [5, 5.41) is 8.40. The van der Waals surface area contributed by atoms with Crippen LogP contribution in [0.5, 0.6) is 0 Å². The largest absolute Gasteiger partial charge is 0.481 e. The van der Waals surface area contributed by atoms with Gasteiger partial charge in [-0.3, -0.25) is 4.79 Å². The number of amides is 1. The first kappa shape index (κ1) is 17.9. The van der Waals surface area contributed by atoms with Crippen molar-refractivity contribution in [3.63, 3.8) is 0 Å². The molecule has 0 aromatic carbocycles. The van der Waals surface area contributed by atoms with E-state index in [0.29, 0.717) is 12.8 Å². The normalized spacial score (nSPS) is 11.2. The van der Waals surface area contributed by atoms with Crippen LogP contribution < -0.4 is 5.48 Å². The highest BCUT2D eigenvalue weighted by molar-refractivity contribution is 5.73. The lowest BCUT2D eigenvalue weighted by Gasteiger charge is -2.19. The lowest BCUT2D eigenvalue weighted by molar-refractivity contribution is -0.150. The van der Waals surface area contributed by atoms with Gasteiger partial charge in [0, 0.05) is 6.42 Å². The van der Waals surface area contributed by atoms with Crippen LogP contribution in [0.3, 0.4) is 0 Å². The summed E-state index contributed by atoms with van der Waals surface area (Å²) in [6.07, 6.45) is 3.51. The molecule has 0 aliphatic carbocycles. The molecule has 114 valence electrons. The second-order valence-electron chi connectivity index (χ2n) is 5.02. The zero-order chi connectivity index (χ0) is 15.6. The summed E-state index contributed by atoms with van der Waals surface area (Å²) in [7, 11) is 0. The molecule has 0 unspecified atom stereocenters. The maximum atomic E-state index is 11.2. The maximum absolute atomic E-state index is 11.2. The number of rotatable bonds is 6. The minimum atomic E-state index is -0.865. The van der Waals surface area contributed by atoms with Gasteiger partial charge in [0.15, 0.2) is 0 Å². The molecular formula is C13H21NO6. The van der Waals surface area contributed by atoms with Crippen molar-refractivity contribution in [2.24, 2.45) is 0 Å². The number of ether oxygens (including phenoxy) is 1. The summed E-state index contributed by atoms with van der Waals surface area (Å²) in [6.45, 7) is 5.07. The van der Waals surface area contributed by atoms with Crippen LogP contribution in [-0.4, -0.2) is 28.7 Å². The first-order valence-corrected chi connectivity index (χ1v) is 6.26. The second kappa shape index (κ2) is 8.95. The Bertz CT molecular complexity index is 370. The van der Waals surface area contributed by atoms with E-state index in [1.54, 1.807) is 32.9 Å². The highest BCUT2D eigenvalue weighted by Gasteiger charge is 2.17. The maximum Gasteiger partial charge on any atom is 0.441 e. The van der Waals surface area contributed by atoms with Crippen LogP contribution in [-0.2, 0) is 19.2 Å². The molecular weight excluding hydrogens is 266 g/mol. The Morgan fingerprint density at radius 3 is 2.15 bits per heavy atom. The van der Waals surface area contributed by atoms with Gasteiger partial charge in [0.1, 0.15) is 5.60 Å². The first-order valence-electron chi connectivity index (χ1n) is 6.26. The predicted octanol–water partition coefficient (Wildman–Crippen LogP) is 2.17. The first-order chi connectivity index (χ1) is 9.20. The quantitative estimate of drug-likeness (QED) is 0.573. The van der Waals surface area contributed by atoms with Crippen molar-refractivity contribution in [3.8, 4) is 0 Å². The molecule has 0 aliphatic rings. The summed E-state index contributed by atoms with van der Waals surface area (Å²) in [5.74, 6) is -1.46. The molecule has 0 atom stereocenters. The molecule has 0 saturated heterocycles. The minimum Gasteiger partial charge on any atom is -0.481 e. The van der Waals surface area contributed by atoms with Crippen LogP contribution in [0.15, 0.2) is 12.2 Å². The van der Waals surface area contributed by atoms with Crippen LogP contribution in [0.4, 0.5) is 4.79 Å². The molecule has 0 radical (unpaired) electrons. The van der Waals surface area contributed by atoms with E-state index in [2.05, 4.69) is 4.84 Å². The van der Waals surface area contributed by atoms with Crippen molar-refractivity contribution in [2.45, 2.75) is 52.1 Å². The monoisotopic (exact) mass is 287 g/mol. The van der Waals surface area contributed by atoms with Gasteiger partial charge in [0.05, 0.1) is 6.42 Å². The zero-order valence-corrected chi connectivity index (χ0v) is 12.0. The smallest absolute Gasteiger partial charge is 0.441 e. The number of hydroxylamine groups is 1. The van der Waals surface area contributed by atoms with Gasteiger partial charge in [-0.1, -0.05) is 12.2 Å². The van der Waals surface area contributed by atoms with E-state index in [0.717, 1.165) is 0 Å². The third-order valence-corrected chi connectivity index (χ3v) is 1.85. The number of carbonyl (C=O) groups is 3. The Labute approximate surface area is 117 Å². The predicted molar refractivity (Wildman–Crippen MR) is 70.7 cm³/mol. The molecule has 0 heterocycles. The number of carboxylic acids is 1. The number of carbonyl (C=O) groups excluding carboxylic acids is 2. The topological polar surface area (TPSA) is 102 Å². The standard InChI is InChI=1S/C13H21NO6/c1-13(2,3)19-12(18)14-20-11(17)9-7-5-4-6-8-10(15)16/h4-5H,6-9H2,1-3H3,(H,14,18)(H,15,16). The molecule has 2 N–H and O–H groups in total. The summed E-state index contributed by atoms with van der Waals surface area (Å²) in [5.41, 5.74) is 1.23. The van der Waals surface area contributed by atoms with E-state index in [1.165, 1.54) is 0 Å². The average molecular weight is 287 g/mol. The number of carboxylic acid groups (broad SMARTS) is 1. The Hall–Kier alpha value is -2.05. The van der Waals surface area contributed by atoms with Crippen molar-refractivity contribution in [3.05, 3.63) is 12.2 Å². The molecule has 7 nitrogen and oxygen atoms in total. The van der Waals surface area contributed by atoms with Crippen LogP contribution in [0.2, 0.25) is 0 Å². The van der Waals surface area contributed by atoms with Gasteiger partial charge in [0.25, 0.3) is 0 Å². The van der Waals surface area contributed by atoms with Gasteiger partial charge in [-0.25, -0.2) is 9.59 Å². The van der Waals surface area contributed by atoms with Crippen molar-refractivity contribution in [2.75, 3.05) is 0 Å². The van der Waals surface area contributed by atoms with Crippen LogP contribution in [0, 0.1) is 0 Å². The molecule has 0 aromatic heterocycles. The van der Waals surface area contributed by atoms with Gasteiger partial charge in [-0.2, -0.15) is 0 Å². The van der Waals surface area contributed by atoms with Crippen molar-refractivity contribution >= 4 is 18.0 Å². The average Bonchev–Trinajstić information content (AvgIpc) is 2.28. The highest BCUT2D eigenvalue weighted by atomic mass is 16.7. The summed E-state index contributed by atoms with van der Waals surface area (Å²) in [4.78, 5) is 37.1. The van der Waals surface area contributed by atoms with Gasteiger partial charge in [-0.05, 0) is 33.6 Å². The van der Waals surface area contributed by atoms with Gasteiger partial charge >= 0.3 is 18.0 Å². The molecule has 0 saturated carbocycles. The fourth-order valence-corrected chi connectivity index (χ4v) is 1.09. The van der Waals surface area contributed by atoms with Crippen molar-refractivity contribution < 1.29 is 29.1 Å². The molecule has 0 aromatic rings. The fraction of sp³-hybridized carbons (Fsp3) is 0.615. The zero-order valence-electron chi connectivity index (χ0n) is 12.0. The van der Waals surface area contributed by atoms with E-state index in [9.17, 15) is 14.4 Å². The van der Waals surface area contributed by atoms with E-state index >= 15 is 0 Å². The van der Waals surface area contributed by atoms with Crippen LogP contribution >= 0.6 is 0 Å². The molecule has 0 rings (SSSR count). The van der Waals surface area contributed by atoms with Crippen LogP contribution in [0.1, 0.15) is 46.5 Å². The molecule has 1 amide bonds. The Morgan fingerprint density at radius 1 is 1.10 bits per heavy atom. The minimum absolute atomic E-state index is 0.0567. The second-order valence-corrected chi connectivity index (χ2v) is 5.02. The molecule has 7 heteroatoms. The van der Waals surface area contributed by atoms with Crippen molar-refractivity contribution in [1.29, 1.82) is 0 Å². The Morgan fingerprint density at radius 2 is 1.65 bits per heavy atom. The van der Waals surface area contributed by atoms with Gasteiger partial charge < -0.3 is 14.7 Å². The summed E-state index contributed by atoms with van der Waals surface area (Å²) in [6, 6.07) is 0. The molecule has 0 fully saturated rings. The summed E-state index contributed by atoms with van der Waals surface area (Å²) >= 11 is 0. The number of nitrogens with one attached hydrogen (secondary N) is 1. The Kier molecular flexibility index (Phi) is 8.03. The molecule has 0 aliphatic heterocycles. The molecule has 0 spiro atoms. The SMILES string of the molecule is CC(C)(C)OC(=O)NOC(=O)CCC=CCCC(=O)O. The van der Waals surface area contributed by atoms with Gasteiger partial charge in [-0.15, -0.1) is 5.48 Å². The van der Waals surface area contributed by atoms with E-state index in [4.69, 9.17) is 9.84 Å². The van der Waals surface area contributed by atoms with Gasteiger partial charge in [0.2, 0.25) is 0 Å². The molecule has 0 bridgehead atoms. The van der Waals surface area contributed by atoms with E-state index in [-0.39, 0.29) is 12.8 Å². The Balaban J connectivity index is 3.69. The number of hydrogen-bond donors (Lipinski definition) is 2. The lowest BCUT2D eigenvalue weighted by atomic mass is 10.2. The van der Waals surface area contributed by atoms with E-state index < -0.39 is 23.6 Å². The third-order valence-electron chi connectivity index (χ3n) is 1.85. The molecule has 20 heavy (non-hydrogen) atoms. The number of hydrogen-bond acceptors (Lipinski definition) is 5. The van der Waals surface area contributed by atoms with E-state index in [1.807, 2.05) is 5.48 Å². The highest BCUT2D eigenvalue weighted by Crippen LogP contribution is 2.06.